The molecule has 12 heteroatoms. The summed E-state index contributed by atoms with van der Waals surface area (Å²) in [6.07, 6.45) is -0.591. The van der Waals surface area contributed by atoms with Gasteiger partial charge in [0, 0.05) is 16.0 Å². The molecule has 1 fully saturated rings. The molecule has 6 rings (SSSR count). The zero-order chi connectivity index (χ0) is 30.6. The number of ether oxygens (including phenoxy) is 1. The molecule has 3 N–H and O–H groups in total. The summed E-state index contributed by atoms with van der Waals surface area (Å²) in [6.45, 7) is 0. The highest BCUT2D eigenvalue weighted by atomic mass is 32.2. The van der Waals surface area contributed by atoms with Crippen LogP contribution in [0, 0.1) is 0 Å². The molecule has 3 aromatic carbocycles. The molecule has 44 heavy (non-hydrogen) atoms. The Balaban J connectivity index is 1.29. The van der Waals surface area contributed by atoms with Crippen LogP contribution in [0.25, 0.3) is 0 Å². The number of amides is 3. The van der Waals surface area contributed by atoms with Gasteiger partial charge in [-0.05, 0) is 16.7 Å². The van der Waals surface area contributed by atoms with E-state index < -0.39 is 35.3 Å². The Labute approximate surface area is 265 Å². The lowest BCUT2D eigenvalue weighted by Gasteiger charge is -2.49. The molecule has 3 amide bonds. The van der Waals surface area contributed by atoms with Crippen LogP contribution in [0.15, 0.2) is 111 Å². The van der Waals surface area contributed by atoms with Crippen LogP contribution in [-0.4, -0.2) is 50.7 Å². The number of esters is 1. The number of primary amides is 1. The van der Waals surface area contributed by atoms with E-state index in [1.165, 1.54) is 39.8 Å². The summed E-state index contributed by atoms with van der Waals surface area (Å²) in [5, 5.41) is 3.92. The second-order valence-corrected chi connectivity index (χ2v) is 13.3. The van der Waals surface area contributed by atoms with Crippen molar-refractivity contribution in [1.82, 2.24) is 15.2 Å². The van der Waals surface area contributed by atoms with Crippen LogP contribution in [0.4, 0.5) is 0 Å². The number of nitrogens with zero attached hydrogens (tertiary/aromatic N) is 2. The van der Waals surface area contributed by atoms with E-state index in [1.807, 2.05) is 91.0 Å². The predicted molar refractivity (Wildman–Crippen MR) is 170 cm³/mol. The van der Waals surface area contributed by atoms with Crippen LogP contribution in [0.1, 0.15) is 33.3 Å². The third-order valence-corrected chi connectivity index (χ3v) is 10.5. The summed E-state index contributed by atoms with van der Waals surface area (Å²) in [5.74, 6) is -1.65. The fourth-order valence-corrected chi connectivity index (χ4v) is 8.37. The van der Waals surface area contributed by atoms with E-state index in [9.17, 15) is 19.2 Å². The number of benzene rings is 3. The van der Waals surface area contributed by atoms with Gasteiger partial charge in [0.25, 0.3) is 11.8 Å². The highest BCUT2D eigenvalue weighted by Gasteiger charge is 2.55. The van der Waals surface area contributed by atoms with Crippen molar-refractivity contribution >= 4 is 58.6 Å². The number of aromatic nitrogens is 1. The van der Waals surface area contributed by atoms with E-state index >= 15 is 0 Å². The van der Waals surface area contributed by atoms with Crippen LogP contribution < -0.4 is 11.1 Å². The first-order valence-electron chi connectivity index (χ1n) is 13.6. The Morgan fingerprint density at radius 2 is 1.59 bits per heavy atom. The average molecular weight is 643 g/mol. The number of nitrogens with two attached hydrogens (primary N) is 1. The number of hydrogen-bond donors (Lipinski definition) is 2. The van der Waals surface area contributed by atoms with Crippen LogP contribution in [0.3, 0.4) is 0 Å². The van der Waals surface area contributed by atoms with Gasteiger partial charge in [-0.3, -0.25) is 19.3 Å². The Morgan fingerprint density at radius 1 is 0.977 bits per heavy atom. The standard InChI is InChI=1S/C32H26N4O5S3/c33-28(38)22-17-43-32(34-22)44-23-18-42-30-25(35-24(37)16-19-10-4-1-5-11-19)29(39)36(30)26(23)31(40)41-27(20-12-6-2-7-13-20)21-14-8-3-9-15-21/h1-15,17,25,27,30H,16,18H2,(H2,33,38)(H,35,37)/t25-,30+/m1/s1. The van der Waals surface area contributed by atoms with E-state index in [2.05, 4.69) is 10.3 Å². The number of thiazole rings is 1. The topological polar surface area (TPSA) is 132 Å². The highest BCUT2D eigenvalue weighted by molar-refractivity contribution is 8.07. The van der Waals surface area contributed by atoms with Gasteiger partial charge in [0.1, 0.15) is 22.8 Å². The number of hydrogen-bond acceptors (Lipinski definition) is 9. The summed E-state index contributed by atoms with van der Waals surface area (Å²) in [7, 11) is 0. The molecular formula is C32H26N4O5S3. The summed E-state index contributed by atoms with van der Waals surface area (Å²) in [6, 6.07) is 27.2. The number of carbonyl (C=O) groups excluding carboxylic acids is 4. The summed E-state index contributed by atoms with van der Waals surface area (Å²) in [5.41, 5.74) is 8.00. The first-order chi connectivity index (χ1) is 21.4. The largest absolute Gasteiger partial charge is 0.448 e. The lowest BCUT2D eigenvalue weighted by molar-refractivity contribution is -0.154. The fourth-order valence-electron chi connectivity index (χ4n) is 4.93. The SMILES string of the molecule is NC(=O)c1csc(SC2=C(C(=O)OC(c3ccccc3)c3ccccc3)N3C(=O)[C@@H](NC(=O)Cc4ccccc4)[C@@H]3SC2)n1. The van der Waals surface area contributed by atoms with Gasteiger partial charge in [-0.15, -0.1) is 23.1 Å². The minimum atomic E-state index is -0.786. The molecular weight excluding hydrogens is 617 g/mol. The minimum Gasteiger partial charge on any atom is -0.448 e. The Hall–Kier alpha value is -4.39. The van der Waals surface area contributed by atoms with Gasteiger partial charge in [0.2, 0.25) is 5.91 Å². The molecule has 2 atom stereocenters. The van der Waals surface area contributed by atoms with Crippen molar-refractivity contribution in [2.75, 3.05) is 5.75 Å². The average Bonchev–Trinajstić information content (AvgIpc) is 3.52. The van der Waals surface area contributed by atoms with E-state index in [0.717, 1.165) is 16.7 Å². The molecule has 0 aliphatic carbocycles. The van der Waals surface area contributed by atoms with Crippen molar-refractivity contribution in [1.29, 1.82) is 0 Å². The second-order valence-electron chi connectivity index (χ2n) is 9.96. The van der Waals surface area contributed by atoms with Gasteiger partial charge in [-0.2, -0.15) is 0 Å². The molecule has 0 radical (unpaired) electrons. The molecule has 4 aromatic rings. The molecule has 1 saturated heterocycles. The molecule has 0 saturated carbocycles. The molecule has 0 unspecified atom stereocenters. The number of β-lactam (4-membered cyclic amide) rings is 1. The van der Waals surface area contributed by atoms with Gasteiger partial charge in [-0.1, -0.05) is 103 Å². The van der Waals surface area contributed by atoms with E-state index in [0.29, 0.717) is 15.0 Å². The predicted octanol–water partition coefficient (Wildman–Crippen LogP) is 4.52. The Kier molecular flexibility index (Phi) is 8.82. The van der Waals surface area contributed by atoms with Crippen LogP contribution in [0.2, 0.25) is 0 Å². The van der Waals surface area contributed by atoms with Gasteiger partial charge >= 0.3 is 5.97 Å². The monoisotopic (exact) mass is 642 g/mol. The minimum absolute atomic E-state index is 0.102. The summed E-state index contributed by atoms with van der Waals surface area (Å²) in [4.78, 5) is 58.4. The van der Waals surface area contributed by atoms with E-state index in [4.69, 9.17) is 10.5 Å². The molecule has 2 aliphatic rings. The molecule has 2 aliphatic heterocycles. The third kappa shape index (κ3) is 6.28. The number of nitrogens with one attached hydrogen (secondary N) is 1. The van der Waals surface area contributed by atoms with Gasteiger partial charge in [0.05, 0.1) is 6.42 Å². The van der Waals surface area contributed by atoms with Crippen LogP contribution in [-0.2, 0) is 25.5 Å². The number of carbonyl (C=O) groups is 4. The molecule has 3 heterocycles. The Bertz CT molecular complexity index is 1690. The number of thioether (sulfide) groups is 2. The van der Waals surface area contributed by atoms with Crippen LogP contribution in [0.5, 0.6) is 0 Å². The van der Waals surface area contributed by atoms with Gasteiger partial charge in [0.15, 0.2) is 10.4 Å². The zero-order valence-corrected chi connectivity index (χ0v) is 25.6. The molecule has 1 aromatic heterocycles. The Morgan fingerprint density at radius 3 is 2.18 bits per heavy atom. The lowest BCUT2D eigenvalue weighted by atomic mass is 10.0. The van der Waals surface area contributed by atoms with Crippen molar-refractivity contribution in [3.05, 3.63) is 129 Å². The van der Waals surface area contributed by atoms with Crippen molar-refractivity contribution in [3.63, 3.8) is 0 Å². The summed E-state index contributed by atoms with van der Waals surface area (Å²) < 4.78 is 6.68. The number of rotatable bonds is 10. The maximum Gasteiger partial charge on any atom is 0.356 e. The quantitative estimate of drug-likeness (QED) is 0.191. The first-order valence-corrected chi connectivity index (χ1v) is 16.4. The van der Waals surface area contributed by atoms with Crippen molar-refractivity contribution < 1.29 is 23.9 Å². The maximum absolute atomic E-state index is 14.1. The van der Waals surface area contributed by atoms with E-state index in [-0.39, 0.29) is 23.7 Å². The third-order valence-electron chi connectivity index (χ3n) is 7.03. The molecule has 9 nitrogen and oxygen atoms in total. The van der Waals surface area contributed by atoms with E-state index in [1.54, 1.807) is 5.38 Å². The smallest absolute Gasteiger partial charge is 0.356 e. The molecule has 0 bridgehead atoms. The highest BCUT2D eigenvalue weighted by Crippen LogP contribution is 2.46. The lowest BCUT2D eigenvalue weighted by Crippen LogP contribution is -2.70. The second kappa shape index (κ2) is 13.1. The van der Waals surface area contributed by atoms with Gasteiger partial charge in [-0.25, -0.2) is 9.78 Å². The van der Waals surface area contributed by atoms with Crippen molar-refractivity contribution in [2.24, 2.45) is 5.73 Å². The van der Waals surface area contributed by atoms with Crippen molar-refractivity contribution in [3.8, 4) is 0 Å². The van der Waals surface area contributed by atoms with Crippen molar-refractivity contribution in [2.45, 2.75) is 28.3 Å². The number of fused-ring (bicyclic) bond motifs is 1. The zero-order valence-electron chi connectivity index (χ0n) is 23.1. The first kappa shape index (κ1) is 29.7. The fraction of sp³-hybridized carbons (Fsp3) is 0.156. The normalized spacial score (nSPS) is 17.6. The van der Waals surface area contributed by atoms with Gasteiger partial charge < -0.3 is 15.8 Å². The van der Waals surface area contributed by atoms with Crippen LogP contribution >= 0.6 is 34.9 Å². The maximum atomic E-state index is 14.1. The summed E-state index contributed by atoms with van der Waals surface area (Å²) >= 11 is 3.85. The molecule has 0 spiro atoms. The molecule has 222 valence electrons.